The number of ether oxygens (including phenoxy) is 1. The second kappa shape index (κ2) is 5.69. The summed E-state index contributed by atoms with van der Waals surface area (Å²) in [5, 5.41) is 12.1. The summed E-state index contributed by atoms with van der Waals surface area (Å²) in [4.78, 5) is 10.7. The van der Waals surface area contributed by atoms with Crippen LogP contribution in [0.4, 0.5) is 0 Å². The number of rotatable bonds is 4. The van der Waals surface area contributed by atoms with Gasteiger partial charge in [-0.05, 0) is 13.0 Å². The van der Waals surface area contributed by atoms with Crippen molar-refractivity contribution in [2.24, 2.45) is 0 Å². The fraction of sp³-hybridized carbons (Fsp3) is 0.357. The van der Waals surface area contributed by atoms with Crippen molar-refractivity contribution in [3.05, 3.63) is 41.5 Å². The molecule has 4 heteroatoms. The zero-order valence-electron chi connectivity index (χ0n) is 10.3. The van der Waals surface area contributed by atoms with Gasteiger partial charge in [0, 0.05) is 30.1 Å². The van der Waals surface area contributed by atoms with E-state index in [1.807, 2.05) is 24.3 Å². The normalized spacial score (nSPS) is 18.9. The first-order valence-electron chi connectivity index (χ1n) is 6.03. The molecule has 0 amide bonds. The predicted octanol–water partition coefficient (Wildman–Crippen LogP) is 2.13. The Bertz CT molecular complexity index is 468. The maximum absolute atomic E-state index is 10.7. The van der Waals surface area contributed by atoms with Gasteiger partial charge in [0.05, 0.1) is 6.61 Å². The molecule has 0 aromatic heterocycles. The van der Waals surface area contributed by atoms with Gasteiger partial charge in [-0.2, -0.15) is 0 Å². The minimum atomic E-state index is -0.871. The Balaban J connectivity index is 2.00. The predicted molar refractivity (Wildman–Crippen MR) is 68.7 cm³/mol. The van der Waals surface area contributed by atoms with E-state index in [2.05, 4.69) is 5.32 Å². The third-order valence-corrected chi connectivity index (χ3v) is 3.07. The number of hydrogen-bond acceptors (Lipinski definition) is 3. The number of nitrogens with one attached hydrogen (secondary N) is 1. The average Bonchev–Trinajstić information content (AvgIpc) is 2.38. The van der Waals surface area contributed by atoms with Gasteiger partial charge in [-0.3, -0.25) is 0 Å². The molecule has 96 valence electrons. The second-order valence-electron chi connectivity index (χ2n) is 4.33. The van der Waals surface area contributed by atoms with Gasteiger partial charge in [-0.15, -0.1) is 0 Å². The van der Waals surface area contributed by atoms with Crippen LogP contribution in [0.15, 0.2) is 35.9 Å². The summed E-state index contributed by atoms with van der Waals surface area (Å²) >= 11 is 0. The molecule has 4 nitrogen and oxygen atoms in total. The number of carboxylic acid groups (broad SMARTS) is 1. The minimum Gasteiger partial charge on any atom is -0.493 e. The molecule has 1 heterocycles. The third kappa shape index (κ3) is 2.90. The van der Waals surface area contributed by atoms with Crippen molar-refractivity contribution in [3.63, 3.8) is 0 Å². The third-order valence-electron chi connectivity index (χ3n) is 3.07. The SMILES string of the molecule is C/C(=C/CNC1CCOc2ccccc21)C(=O)O. The molecular formula is C14H17NO3. The van der Waals surface area contributed by atoms with Crippen LogP contribution in [0.3, 0.4) is 0 Å². The largest absolute Gasteiger partial charge is 0.493 e. The maximum Gasteiger partial charge on any atom is 0.330 e. The van der Waals surface area contributed by atoms with Crippen LogP contribution in [0, 0.1) is 0 Å². The molecule has 0 aliphatic carbocycles. The van der Waals surface area contributed by atoms with Crippen molar-refractivity contribution in [2.75, 3.05) is 13.2 Å². The number of benzene rings is 1. The minimum absolute atomic E-state index is 0.229. The molecule has 2 rings (SSSR count). The van der Waals surface area contributed by atoms with E-state index in [1.165, 1.54) is 0 Å². The Morgan fingerprint density at radius 3 is 3.11 bits per heavy atom. The van der Waals surface area contributed by atoms with E-state index in [0.29, 0.717) is 18.7 Å². The molecule has 1 aliphatic rings. The first-order valence-corrected chi connectivity index (χ1v) is 6.03. The fourth-order valence-electron chi connectivity index (χ4n) is 2.00. The van der Waals surface area contributed by atoms with Crippen LogP contribution in [-0.2, 0) is 4.79 Å². The first-order chi connectivity index (χ1) is 8.68. The summed E-state index contributed by atoms with van der Waals surface area (Å²) in [6, 6.07) is 8.17. The van der Waals surface area contributed by atoms with Crippen LogP contribution >= 0.6 is 0 Å². The van der Waals surface area contributed by atoms with Crippen molar-refractivity contribution in [1.29, 1.82) is 0 Å². The molecule has 0 bridgehead atoms. The van der Waals surface area contributed by atoms with E-state index >= 15 is 0 Å². The first kappa shape index (κ1) is 12.6. The number of fused-ring (bicyclic) bond motifs is 1. The molecule has 0 spiro atoms. The lowest BCUT2D eigenvalue weighted by atomic mass is 10.0. The molecule has 1 aromatic rings. The Morgan fingerprint density at radius 2 is 2.33 bits per heavy atom. The monoisotopic (exact) mass is 247 g/mol. The zero-order chi connectivity index (χ0) is 13.0. The van der Waals surface area contributed by atoms with Crippen LogP contribution in [-0.4, -0.2) is 24.2 Å². The number of para-hydroxylation sites is 1. The summed E-state index contributed by atoms with van der Waals surface area (Å²) in [5.74, 6) is 0.0457. The van der Waals surface area contributed by atoms with E-state index in [0.717, 1.165) is 17.7 Å². The highest BCUT2D eigenvalue weighted by Crippen LogP contribution is 2.31. The molecule has 0 fully saturated rings. The molecule has 1 atom stereocenters. The number of aliphatic carboxylic acids is 1. The highest BCUT2D eigenvalue weighted by atomic mass is 16.5. The second-order valence-corrected chi connectivity index (χ2v) is 4.33. The van der Waals surface area contributed by atoms with Gasteiger partial charge < -0.3 is 15.2 Å². The Hall–Kier alpha value is -1.81. The molecule has 2 N–H and O–H groups in total. The standard InChI is InChI=1S/C14H17NO3/c1-10(14(16)17)6-8-15-12-7-9-18-13-5-3-2-4-11(12)13/h2-6,12,15H,7-9H2,1H3,(H,16,17)/b10-6-. The lowest BCUT2D eigenvalue weighted by Crippen LogP contribution is -2.27. The van der Waals surface area contributed by atoms with Gasteiger partial charge >= 0.3 is 5.97 Å². The Labute approximate surface area is 106 Å². The van der Waals surface area contributed by atoms with Crippen molar-refractivity contribution in [3.8, 4) is 5.75 Å². The highest BCUT2D eigenvalue weighted by molar-refractivity contribution is 5.85. The molecule has 1 aliphatic heterocycles. The molecular weight excluding hydrogens is 230 g/mol. The lowest BCUT2D eigenvalue weighted by Gasteiger charge is -2.26. The quantitative estimate of drug-likeness (QED) is 0.800. The van der Waals surface area contributed by atoms with Crippen LogP contribution in [0.1, 0.15) is 24.9 Å². The van der Waals surface area contributed by atoms with Gasteiger partial charge in [-0.25, -0.2) is 4.79 Å². The fourth-order valence-corrected chi connectivity index (χ4v) is 2.00. The van der Waals surface area contributed by atoms with Crippen LogP contribution in [0.2, 0.25) is 0 Å². The van der Waals surface area contributed by atoms with Gasteiger partial charge in [-0.1, -0.05) is 24.3 Å². The summed E-state index contributed by atoms with van der Waals surface area (Å²) < 4.78 is 5.57. The summed E-state index contributed by atoms with van der Waals surface area (Å²) in [6.45, 7) is 2.84. The number of carboxylic acids is 1. The Morgan fingerprint density at radius 1 is 1.56 bits per heavy atom. The van der Waals surface area contributed by atoms with Crippen LogP contribution < -0.4 is 10.1 Å². The van der Waals surface area contributed by atoms with E-state index < -0.39 is 5.97 Å². The topological polar surface area (TPSA) is 58.6 Å². The molecule has 0 saturated heterocycles. The van der Waals surface area contributed by atoms with Gasteiger partial charge in [0.25, 0.3) is 0 Å². The zero-order valence-corrected chi connectivity index (χ0v) is 10.3. The van der Waals surface area contributed by atoms with E-state index in [-0.39, 0.29) is 6.04 Å². The molecule has 0 radical (unpaired) electrons. The van der Waals surface area contributed by atoms with Crippen molar-refractivity contribution in [1.82, 2.24) is 5.32 Å². The average molecular weight is 247 g/mol. The summed E-state index contributed by atoms with van der Waals surface area (Å²) in [5.41, 5.74) is 1.51. The van der Waals surface area contributed by atoms with Crippen LogP contribution in [0.5, 0.6) is 5.75 Å². The highest BCUT2D eigenvalue weighted by Gasteiger charge is 2.19. The Kier molecular flexibility index (Phi) is 3.99. The van der Waals surface area contributed by atoms with Gasteiger partial charge in [0.15, 0.2) is 0 Å². The van der Waals surface area contributed by atoms with Gasteiger partial charge in [0.1, 0.15) is 5.75 Å². The van der Waals surface area contributed by atoms with Crippen molar-refractivity contribution in [2.45, 2.75) is 19.4 Å². The van der Waals surface area contributed by atoms with E-state index in [9.17, 15) is 4.79 Å². The molecule has 0 saturated carbocycles. The summed E-state index contributed by atoms with van der Waals surface area (Å²) in [6.07, 6.45) is 2.59. The van der Waals surface area contributed by atoms with Crippen molar-refractivity contribution >= 4 is 5.97 Å². The molecule has 1 unspecified atom stereocenters. The molecule has 1 aromatic carbocycles. The van der Waals surface area contributed by atoms with Crippen LogP contribution in [0.25, 0.3) is 0 Å². The van der Waals surface area contributed by atoms with E-state index in [1.54, 1.807) is 13.0 Å². The smallest absolute Gasteiger partial charge is 0.330 e. The number of carbonyl (C=O) groups is 1. The van der Waals surface area contributed by atoms with Gasteiger partial charge in [0.2, 0.25) is 0 Å². The molecule has 18 heavy (non-hydrogen) atoms. The van der Waals surface area contributed by atoms with Crippen molar-refractivity contribution < 1.29 is 14.6 Å². The number of hydrogen-bond donors (Lipinski definition) is 2. The lowest BCUT2D eigenvalue weighted by molar-refractivity contribution is -0.132. The van der Waals surface area contributed by atoms with E-state index in [4.69, 9.17) is 9.84 Å². The summed E-state index contributed by atoms with van der Waals surface area (Å²) in [7, 11) is 0. The maximum atomic E-state index is 10.7.